The molecule has 1 aromatic carbocycles. The Kier molecular flexibility index (Phi) is 2.83. The third kappa shape index (κ3) is 2.60. The zero-order valence-electron chi connectivity index (χ0n) is 10.1. The number of ether oxygens (including phenoxy) is 1. The van der Waals surface area contributed by atoms with Gasteiger partial charge in [-0.05, 0) is 38.7 Å². The maximum atomic E-state index is 5.47. The van der Waals surface area contributed by atoms with Gasteiger partial charge in [-0.3, -0.25) is 0 Å². The molecule has 1 heteroatoms. The minimum Gasteiger partial charge on any atom is -0.370 e. The molecule has 0 spiro atoms. The molecule has 15 heavy (non-hydrogen) atoms. The topological polar surface area (TPSA) is 12.5 Å². The van der Waals surface area contributed by atoms with E-state index >= 15 is 0 Å². The second kappa shape index (κ2) is 3.97. The molecule has 0 aromatic heterocycles. The first-order valence-corrected chi connectivity index (χ1v) is 5.80. The Balaban J connectivity index is 2.07. The highest BCUT2D eigenvalue weighted by molar-refractivity contribution is 5.30. The van der Waals surface area contributed by atoms with Crippen LogP contribution in [0.2, 0.25) is 0 Å². The Bertz CT molecular complexity index is 336. The quantitative estimate of drug-likeness (QED) is 0.685. The maximum absolute atomic E-state index is 5.47. The van der Waals surface area contributed by atoms with E-state index in [4.69, 9.17) is 4.74 Å². The van der Waals surface area contributed by atoms with Crippen LogP contribution in [-0.4, -0.2) is 12.2 Å². The van der Waals surface area contributed by atoms with Crippen molar-refractivity contribution in [2.24, 2.45) is 0 Å². The van der Waals surface area contributed by atoms with E-state index in [0.717, 1.165) is 6.42 Å². The van der Waals surface area contributed by atoms with Crippen molar-refractivity contribution >= 4 is 0 Å². The van der Waals surface area contributed by atoms with Gasteiger partial charge >= 0.3 is 0 Å². The van der Waals surface area contributed by atoms with E-state index in [0.29, 0.717) is 18.1 Å². The highest BCUT2D eigenvalue weighted by atomic mass is 16.6. The molecule has 1 fully saturated rings. The monoisotopic (exact) mass is 204 g/mol. The Morgan fingerprint density at radius 3 is 2.20 bits per heavy atom. The molecule has 1 nitrogen and oxygen atoms in total. The largest absolute Gasteiger partial charge is 0.370 e. The van der Waals surface area contributed by atoms with Crippen LogP contribution in [0.15, 0.2) is 18.2 Å². The van der Waals surface area contributed by atoms with Crippen LogP contribution >= 0.6 is 0 Å². The Hall–Kier alpha value is -0.820. The molecule has 0 aliphatic carbocycles. The van der Waals surface area contributed by atoms with Gasteiger partial charge in [-0.2, -0.15) is 0 Å². The maximum Gasteiger partial charge on any atom is 0.0844 e. The smallest absolute Gasteiger partial charge is 0.0844 e. The van der Waals surface area contributed by atoms with Gasteiger partial charge in [0.25, 0.3) is 0 Å². The van der Waals surface area contributed by atoms with Crippen LogP contribution in [0.4, 0.5) is 0 Å². The SMILES string of the molecule is Cc1cc(C)cc(C(C)CC2OC2C)c1. The van der Waals surface area contributed by atoms with Gasteiger partial charge < -0.3 is 4.74 Å². The van der Waals surface area contributed by atoms with Gasteiger partial charge in [-0.1, -0.05) is 36.2 Å². The summed E-state index contributed by atoms with van der Waals surface area (Å²) >= 11 is 0. The van der Waals surface area contributed by atoms with E-state index < -0.39 is 0 Å². The van der Waals surface area contributed by atoms with Crippen molar-refractivity contribution in [2.45, 2.75) is 52.2 Å². The number of rotatable bonds is 3. The van der Waals surface area contributed by atoms with Crippen molar-refractivity contribution in [3.63, 3.8) is 0 Å². The van der Waals surface area contributed by atoms with Crippen molar-refractivity contribution < 1.29 is 4.74 Å². The van der Waals surface area contributed by atoms with Crippen LogP contribution in [0.5, 0.6) is 0 Å². The first kappa shape index (κ1) is 10.7. The summed E-state index contributed by atoms with van der Waals surface area (Å²) in [5, 5.41) is 0. The first-order chi connectivity index (χ1) is 7.06. The van der Waals surface area contributed by atoms with Gasteiger partial charge in [-0.25, -0.2) is 0 Å². The average Bonchev–Trinajstić information content (AvgIpc) is 2.79. The van der Waals surface area contributed by atoms with Crippen molar-refractivity contribution in [1.82, 2.24) is 0 Å². The highest BCUT2D eigenvalue weighted by Gasteiger charge is 2.35. The van der Waals surface area contributed by atoms with Crippen LogP contribution in [0, 0.1) is 13.8 Å². The minimum absolute atomic E-state index is 0.485. The second-order valence-corrected chi connectivity index (χ2v) is 4.94. The zero-order valence-corrected chi connectivity index (χ0v) is 10.1. The summed E-state index contributed by atoms with van der Waals surface area (Å²) in [5.41, 5.74) is 4.18. The third-order valence-corrected chi connectivity index (χ3v) is 3.24. The van der Waals surface area contributed by atoms with Crippen molar-refractivity contribution in [2.75, 3.05) is 0 Å². The van der Waals surface area contributed by atoms with Crippen molar-refractivity contribution in [3.05, 3.63) is 34.9 Å². The predicted molar refractivity (Wildman–Crippen MR) is 63.3 cm³/mol. The van der Waals surface area contributed by atoms with Gasteiger partial charge in [0.15, 0.2) is 0 Å². The Morgan fingerprint density at radius 1 is 1.20 bits per heavy atom. The van der Waals surface area contributed by atoms with Crippen molar-refractivity contribution in [3.8, 4) is 0 Å². The molecule has 1 aromatic rings. The van der Waals surface area contributed by atoms with Crippen LogP contribution in [0.25, 0.3) is 0 Å². The van der Waals surface area contributed by atoms with Gasteiger partial charge in [-0.15, -0.1) is 0 Å². The summed E-state index contributed by atoms with van der Waals surface area (Å²) in [4.78, 5) is 0. The highest BCUT2D eigenvalue weighted by Crippen LogP contribution is 2.32. The van der Waals surface area contributed by atoms with E-state index in [2.05, 4.69) is 45.9 Å². The molecule has 82 valence electrons. The van der Waals surface area contributed by atoms with Crippen LogP contribution < -0.4 is 0 Å². The molecule has 1 aliphatic heterocycles. The van der Waals surface area contributed by atoms with E-state index in [1.165, 1.54) is 16.7 Å². The molecule has 0 radical (unpaired) electrons. The van der Waals surface area contributed by atoms with Gasteiger partial charge in [0.05, 0.1) is 12.2 Å². The van der Waals surface area contributed by atoms with Gasteiger partial charge in [0, 0.05) is 0 Å². The molecular formula is C14H20O. The van der Waals surface area contributed by atoms with Crippen LogP contribution in [0.3, 0.4) is 0 Å². The number of hydrogen-bond donors (Lipinski definition) is 0. The molecule has 0 N–H and O–H groups in total. The lowest BCUT2D eigenvalue weighted by molar-refractivity contribution is 0.362. The fraction of sp³-hybridized carbons (Fsp3) is 0.571. The Labute approximate surface area is 92.5 Å². The summed E-state index contributed by atoms with van der Waals surface area (Å²) in [6.45, 7) is 8.78. The summed E-state index contributed by atoms with van der Waals surface area (Å²) in [7, 11) is 0. The number of benzene rings is 1. The molecule has 0 bridgehead atoms. The summed E-state index contributed by atoms with van der Waals surface area (Å²) in [6, 6.07) is 6.82. The molecule has 2 rings (SSSR count). The van der Waals surface area contributed by atoms with E-state index in [9.17, 15) is 0 Å². The van der Waals surface area contributed by atoms with Crippen molar-refractivity contribution in [1.29, 1.82) is 0 Å². The fourth-order valence-corrected chi connectivity index (χ4v) is 2.26. The van der Waals surface area contributed by atoms with E-state index in [-0.39, 0.29) is 0 Å². The minimum atomic E-state index is 0.485. The summed E-state index contributed by atoms with van der Waals surface area (Å²) in [5.74, 6) is 0.610. The third-order valence-electron chi connectivity index (χ3n) is 3.24. The molecule has 3 atom stereocenters. The normalized spacial score (nSPS) is 26.4. The molecule has 3 unspecified atom stereocenters. The Morgan fingerprint density at radius 2 is 1.73 bits per heavy atom. The number of hydrogen-bond acceptors (Lipinski definition) is 1. The number of epoxide rings is 1. The second-order valence-electron chi connectivity index (χ2n) is 4.94. The fourth-order valence-electron chi connectivity index (χ4n) is 2.26. The van der Waals surface area contributed by atoms with Crippen LogP contribution in [0.1, 0.15) is 42.9 Å². The first-order valence-electron chi connectivity index (χ1n) is 5.80. The predicted octanol–water partition coefficient (Wildman–Crippen LogP) is 3.58. The lowest BCUT2D eigenvalue weighted by atomic mass is 9.93. The van der Waals surface area contributed by atoms with Gasteiger partial charge in [0.1, 0.15) is 0 Å². The van der Waals surface area contributed by atoms with E-state index in [1.54, 1.807) is 0 Å². The van der Waals surface area contributed by atoms with Crippen LogP contribution in [-0.2, 0) is 4.74 Å². The lowest BCUT2D eigenvalue weighted by Crippen LogP contribution is -2.00. The zero-order chi connectivity index (χ0) is 11.0. The van der Waals surface area contributed by atoms with Gasteiger partial charge in [0.2, 0.25) is 0 Å². The molecule has 0 saturated carbocycles. The lowest BCUT2D eigenvalue weighted by Gasteiger charge is -2.12. The summed E-state index contributed by atoms with van der Waals surface area (Å²) in [6.07, 6.45) is 2.14. The summed E-state index contributed by atoms with van der Waals surface area (Å²) < 4.78 is 5.47. The standard InChI is InChI=1S/C14H20O/c1-9-5-10(2)7-13(6-9)11(3)8-14-12(4)15-14/h5-7,11-12,14H,8H2,1-4H3. The molecule has 1 heterocycles. The number of aryl methyl sites for hydroxylation is 2. The molecule has 1 aliphatic rings. The molecular weight excluding hydrogens is 184 g/mol. The molecule has 0 amide bonds. The average molecular weight is 204 g/mol. The van der Waals surface area contributed by atoms with E-state index in [1.807, 2.05) is 0 Å². The molecule has 1 saturated heterocycles.